The summed E-state index contributed by atoms with van der Waals surface area (Å²) in [4.78, 5) is 15.2. The summed E-state index contributed by atoms with van der Waals surface area (Å²) in [5.74, 6) is 0.524. The van der Waals surface area contributed by atoms with Crippen LogP contribution in [0.1, 0.15) is 19.0 Å². The van der Waals surface area contributed by atoms with Gasteiger partial charge in [0.15, 0.2) is 5.69 Å². The van der Waals surface area contributed by atoms with Crippen molar-refractivity contribution in [1.29, 1.82) is 5.26 Å². The lowest BCUT2D eigenvalue weighted by molar-refractivity contribution is -0.120. The molecule has 0 saturated heterocycles. The monoisotopic (exact) mass is 233 g/mol. The second kappa shape index (κ2) is 6.33. The molecule has 90 valence electrons. The number of nitrogens with zero attached hydrogens (tertiary/aromatic N) is 2. The summed E-state index contributed by atoms with van der Waals surface area (Å²) in [6.45, 7) is 2.96. The number of nitrogens with two attached hydrogens (primary N) is 1. The van der Waals surface area contributed by atoms with E-state index >= 15 is 0 Å². The van der Waals surface area contributed by atoms with E-state index in [0.29, 0.717) is 31.0 Å². The van der Waals surface area contributed by atoms with E-state index in [-0.39, 0.29) is 11.6 Å². The van der Waals surface area contributed by atoms with Gasteiger partial charge in [-0.3, -0.25) is 4.79 Å². The van der Waals surface area contributed by atoms with Gasteiger partial charge in [0.1, 0.15) is 11.9 Å². The SMILES string of the molecule is CCNC(=O)CCNc1ccc(N)c(C#N)n1. The molecule has 4 N–H and O–H groups in total. The van der Waals surface area contributed by atoms with Gasteiger partial charge in [-0.25, -0.2) is 4.98 Å². The van der Waals surface area contributed by atoms with Crippen molar-refractivity contribution in [3.8, 4) is 6.07 Å². The molecule has 0 radical (unpaired) electrons. The molecule has 0 saturated carbocycles. The maximum Gasteiger partial charge on any atom is 0.221 e. The van der Waals surface area contributed by atoms with E-state index in [1.165, 1.54) is 0 Å². The summed E-state index contributed by atoms with van der Waals surface area (Å²) in [7, 11) is 0. The molecule has 1 amide bonds. The van der Waals surface area contributed by atoms with Crippen LogP contribution in [0.3, 0.4) is 0 Å². The Hall–Kier alpha value is -2.29. The van der Waals surface area contributed by atoms with E-state index in [1.807, 2.05) is 13.0 Å². The molecular formula is C11H15N5O. The molecule has 1 aromatic heterocycles. The number of rotatable bonds is 5. The zero-order chi connectivity index (χ0) is 12.7. The molecule has 6 nitrogen and oxygen atoms in total. The summed E-state index contributed by atoms with van der Waals surface area (Å²) in [6, 6.07) is 5.19. The zero-order valence-corrected chi connectivity index (χ0v) is 9.66. The van der Waals surface area contributed by atoms with Gasteiger partial charge in [-0.1, -0.05) is 0 Å². The third-order valence-corrected chi connectivity index (χ3v) is 2.06. The molecular weight excluding hydrogens is 218 g/mol. The third kappa shape index (κ3) is 3.99. The molecule has 0 atom stereocenters. The molecule has 0 aliphatic carbocycles. The Labute approximate surface area is 99.8 Å². The Kier molecular flexibility index (Phi) is 4.76. The summed E-state index contributed by atoms with van der Waals surface area (Å²) in [5, 5.41) is 14.4. The first-order valence-electron chi connectivity index (χ1n) is 5.34. The van der Waals surface area contributed by atoms with Crippen LogP contribution in [0.5, 0.6) is 0 Å². The van der Waals surface area contributed by atoms with Crippen molar-refractivity contribution in [1.82, 2.24) is 10.3 Å². The Balaban J connectivity index is 2.48. The van der Waals surface area contributed by atoms with Crippen LogP contribution in [0.15, 0.2) is 12.1 Å². The Morgan fingerprint density at radius 1 is 1.59 bits per heavy atom. The lowest BCUT2D eigenvalue weighted by Gasteiger charge is -2.06. The Morgan fingerprint density at radius 2 is 2.35 bits per heavy atom. The molecule has 0 aliphatic rings. The van der Waals surface area contributed by atoms with E-state index in [1.54, 1.807) is 12.1 Å². The maximum atomic E-state index is 11.2. The fourth-order valence-corrected chi connectivity index (χ4v) is 1.25. The Bertz CT molecular complexity index is 438. The van der Waals surface area contributed by atoms with Crippen molar-refractivity contribution in [3.63, 3.8) is 0 Å². The van der Waals surface area contributed by atoms with E-state index in [2.05, 4.69) is 15.6 Å². The quantitative estimate of drug-likeness (QED) is 0.686. The summed E-state index contributed by atoms with van der Waals surface area (Å²) in [6.07, 6.45) is 0.363. The largest absolute Gasteiger partial charge is 0.396 e. The molecule has 1 heterocycles. The molecule has 0 aromatic carbocycles. The van der Waals surface area contributed by atoms with Gasteiger partial charge in [0.05, 0.1) is 5.69 Å². The number of hydrogen-bond acceptors (Lipinski definition) is 5. The van der Waals surface area contributed by atoms with Gasteiger partial charge in [0.25, 0.3) is 0 Å². The van der Waals surface area contributed by atoms with Crippen LogP contribution in [0.2, 0.25) is 0 Å². The maximum absolute atomic E-state index is 11.2. The van der Waals surface area contributed by atoms with Crippen molar-refractivity contribution in [2.75, 3.05) is 24.1 Å². The average molecular weight is 233 g/mol. The minimum atomic E-state index is -0.0176. The highest BCUT2D eigenvalue weighted by atomic mass is 16.1. The first-order valence-corrected chi connectivity index (χ1v) is 5.34. The van der Waals surface area contributed by atoms with Crippen LogP contribution >= 0.6 is 0 Å². The minimum Gasteiger partial charge on any atom is -0.396 e. The van der Waals surface area contributed by atoms with E-state index in [9.17, 15) is 4.79 Å². The van der Waals surface area contributed by atoms with Crippen molar-refractivity contribution in [3.05, 3.63) is 17.8 Å². The number of aromatic nitrogens is 1. The summed E-state index contributed by atoms with van der Waals surface area (Å²) < 4.78 is 0. The van der Waals surface area contributed by atoms with E-state index < -0.39 is 0 Å². The van der Waals surface area contributed by atoms with Crippen LogP contribution in [0.4, 0.5) is 11.5 Å². The summed E-state index contributed by atoms with van der Waals surface area (Å²) >= 11 is 0. The van der Waals surface area contributed by atoms with Crippen molar-refractivity contribution in [2.24, 2.45) is 0 Å². The lowest BCUT2D eigenvalue weighted by Crippen LogP contribution is -2.24. The van der Waals surface area contributed by atoms with Gasteiger partial charge in [0, 0.05) is 19.5 Å². The molecule has 0 bridgehead atoms. The number of anilines is 2. The standard InChI is InChI=1S/C11H15N5O/c1-2-14-11(17)5-6-15-10-4-3-8(13)9(7-12)16-10/h3-4H,2,5-6,13H2,1H3,(H,14,17)(H,15,16). The van der Waals surface area contributed by atoms with Crippen LogP contribution in [0.25, 0.3) is 0 Å². The predicted octanol–water partition coefficient (Wildman–Crippen LogP) is 0.474. The Morgan fingerprint density at radius 3 is 3.00 bits per heavy atom. The number of amides is 1. The molecule has 0 spiro atoms. The molecule has 6 heteroatoms. The molecule has 0 aliphatic heterocycles. The average Bonchev–Trinajstić information content (AvgIpc) is 2.31. The van der Waals surface area contributed by atoms with Crippen LogP contribution < -0.4 is 16.4 Å². The van der Waals surface area contributed by atoms with Crippen LogP contribution in [0, 0.1) is 11.3 Å². The molecule has 17 heavy (non-hydrogen) atoms. The van der Waals surface area contributed by atoms with Crippen LogP contribution in [-0.4, -0.2) is 24.0 Å². The number of carbonyl (C=O) groups is 1. The van der Waals surface area contributed by atoms with Crippen molar-refractivity contribution >= 4 is 17.4 Å². The van der Waals surface area contributed by atoms with Gasteiger partial charge < -0.3 is 16.4 Å². The summed E-state index contributed by atoms with van der Waals surface area (Å²) in [5.41, 5.74) is 6.08. The zero-order valence-electron chi connectivity index (χ0n) is 9.66. The van der Waals surface area contributed by atoms with Gasteiger partial charge in [-0.15, -0.1) is 0 Å². The minimum absolute atomic E-state index is 0.0176. The second-order valence-corrected chi connectivity index (χ2v) is 3.38. The highest BCUT2D eigenvalue weighted by Gasteiger charge is 2.03. The number of hydrogen-bond donors (Lipinski definition) is 3. The van der Waals surface area contributed by atoms with Gasteiger partial charge in [-0.05, 0) is 19.1 Å². The van der Waals surface area contributed by atoms with E-state index in [4.69, 9.17) is 11.0 Å². The third-order valence-electron chi connectivity index (χ3n) is 2.06. The van der Waals surface area contributed by atoms with Gasteiger partial charge in [-0.2, -0.15) is 5.26 Å². The first-order chi connectivity index (χ1) is 8.17. The lowest BCUT2D eigenvalue weighted by atomic mass is 10.3. The van der Waals surface area contributed by atoms with Crippen molar-refractivity contribution < 1.29 is 4.79 Å². The molecule has 1 aromatic rings. The smallest absolute Gasteiger partial charge is 0.221 e. The van der Waals surface area contributed by atoms with Crippen molar-refractivity contribution in [2.45, 2.75) is 13.3 Å². The number of nitriles is 1. The number of nitrogen functional groups attached to an aromatic ring is 1. The molecule has 1 rings (SSSR count). The highest BCUT2D eigenvalue weighted by molar-refractivity contribution is 5.76. The predicted molar refractivity (Wildman–Crippen MR) is 65.2 cm³/mol. The van der Waals surface area contributed by atoms with Crippen LogP contribution in [-0.2, 0) is 4.79 Å². The molecule has 0 fully saturated rings. The highest BCUT2D eigenvalue weighted by Crippen LogP contribution is 2.11. The topological polar surface area (TPSA) is 104 Å². The molecule has 0 unspecified atom stereocenters. The number of pyridine rings is 1. The fourth-order valence-electron chi connectivity index (χ4n) is 1.25. The van der Waals surface area contributed by atoms with Gasteiger partial charge >= 0.3 is 0 Å². The normalized spacial score (nSPS) is 9.41. The number of carbonyl (C=O) groups excluding carboxylic acids is 1. The fraction of sp³-hybridized carbons (Fsp3) is 0.364. The van der Waals surface area contributed by atoms with Gasteiger partial charge in [0.2, 0.25) is 5.91 Å². The second-order valence-electron chi connectivity index (χ2n) is 3.38. The first kappa shape index (κ1) is 12.8. The van der Waals surface area contributed by atoms with E-state index in [0.717, 1.165) is 0 Å². The number of nitrogens with one attached hydrogen (secondary N) is 2.